The highest BCUT2D eigenvalue weighted by Crippen LogP contribution is 2.12. The van der Waals surface area contributed by atoms with Crippen molar-refractivity contribution in [1.82, 2.24) is 20.1 Å². The van der Waals surface area contributed by atoms with Crippen molar-refractivity contribution in [2.75, 3.05) is 77.5 Å². The number of unbranched alkanes of at least 4 members (excludes halogenated alkanes) is 1. The van der Waals surface area contributed by atoms with Crippen molar-refractivity contribution >= 4 is 11.8 Å². The predicted octanol–water partition coefficient (Wildman–Crippen LogP) is 0.891. The van der Waals surface area contributed by atoms with E-state index in [1.54, 1.807) is 0 Å². The number of hydrogen-bond donors (Lipinski definition) is 1. The van der Waals surface area contributed by atoms with Crippen LogP contribution in [0, 0.1) is 0 Å². The zero-order chi connectivity index (χ0) is 18.0. The first-order valence-electron chi connectivity index (χ1n) is 9.78. The van der Waals surface area contributed by atoms with Gasteiger partial charge in [-0.25, -0.2) is 4.98 Å². The molecule has 0 amide bonds. The second kappa shape index (κ2) is 10.3. The quantitative estimate of drug-likeness (QED) is 0.462. The van der Waals surface area contributed by atoms with Crippen LogP contribution in [0.2, 0.25) is 0 Å². The first-order chi connectivity index (χ1) is 12.9. The van der Waals surface area contributed by atoms with E-state index >= 15 is 0 Å². The predicted molar refractivity (Wildman–Crippen MR) is 106 cm³/mol. The fourth-order valence-corrected chi connectivity index (χ4v) is 3.51. The zero-order valence-electron chi connectivity index (χ0n) is 15.9. The number of guanidine groups is 1. The molecule has 0 atom stereocenters. The molecule has 144 valence electrons. The Labute approximate surface area is 157 Å². The van der Waals surface area contributed by atoms with Crippen LogP contribution in [0.25, 0.3) is 0 Å². The molecule has 0 spiro atoms. The van der Waals surface area contributed by atoms with Crippen molar-refractivity contribution in [3.05, 3.63) is 24.4 Å². The van der Waals surface area contributed by atoms with Gasteiger partial charge >= 0.3 is 0 Å². The minimum absolute atomic E-state index is 0.884. The Balaban J connectivity index is 1.33. The molecule has 3 rings (SSSR count). The minimum atomic E-state index is 0.884. The zero-order valence-corrected chi connectivity index (χ0v) is 15.9. The molecule has 2 aliphatic rings. The van der Waals surface area contributed by atoms with Crippen LogP contribution in [0.15, 0.2) is 29.4 Å². The van der Waals surface area contributed by atoms with E-state index in [0.29, 0.717) is 0 Å². The van der Waals surface area contributed by atoms with Crippen LogP contribution in [-0.4, -0.2) is 93.4 Å². The highest BCUT2D eigenvalue weighted by atomic mass is 16.5. The molecule has 7 heteroatoms. The molecule has 0 bridgehead atoms. The molecule has 1 N–H and O–H groups in total. The summed E-state index contributed by atoms with van der Waals surface area (Å²) in [5.74, 6) is 2.09. The molecular weight excluding hydrogens is 328 g/mol. The van der Waals surface area contributed by atoms with Crippen LogP contribution in [0.5, 0.6) is 0 Å². The second-order valence-corrected chi connectivity index (χ2v) is 6.80. The summed E-state index contributed by atoms with van der Waals surface area (Å²) >= 11 is 0. The summed E-state index contributed by atoms with van der Waals surface area (Å²) in [5, 5.41) is 3.53. The number of nitrogens with one attached hydrogen (secondary N) is 1. The molecule has 2 fully saturated rings. The van der Waals surface area contributed by atoms with Gasteiger partial charge in [-0.2, -0.15) is 0 Å². The van der Waals surface area contributed by atoms with E-state index in [0.717, 1.165) is 70.8 Å². The second-order valence-electron chi connectivity index (χ2n) is 6.80. The lowest BCUT2D eigenvalue weighted by molar-refractivity contribution is 0.0372. The summed E-state index contributed by atoms with van der Waals surface area (Å²) in [4.78, 5) is 16.1. The number of rotatable bonds is 6. The number of nitrogens with zero attached hydrogens (tertiary/aromatic N) is 5. The summed E-state index contributed by atoms with van der Waals surface area (Å²) in [6.07, 6.45) is 4.25. The normalized spacial score (nSPS) is 19.7. The molecule has 26 heavy (non-hydrogen) atoms. The molecule has 7 nitrogen and oxygen atoms in total. The minimum Gasteiger partial charge on any atom is -0.379 e. The van der Waals surface area contributed by atoms with E-state index in [9.17, 15) is 0 Å². The molecule has 0 radical (unpaired) electrons. The van der Waals surface area contributed by atoms with Gasteiger partial charge in [-0.3, -0.25) is 9.89 Å². The van der Waals surface area contributed by atoms with Crippen molar-refractivity contribution in [3.8, 4) is 0 Å². The number of aromatic nitrogens is 1. The van der Waals surface area contributed by atoms with Gasteiger partial charge in [0, 0.05) is 59.1 Å². The Morgan fingerprint density at radius 2 is 1.92 bits per heavy atom. The summed E-state index contributed by atoms with van der Waals surface area (Å²) in [6, 6.07) is 6.09. The number of piperazine rings is 1. The van der Waals surface area contributed by atoms with Crippen molar-refractivity contribution in [3.63, 3.8) is 0 Å². The average Bonchev–Trinajstić information content (AvgIpc) is 2.72. The van der Waals surface area contributed by atoms with E-state index < -0.39 is 0 Å². The molecule has 1 aromatic heterocycles. The maximum Gasteiger partial charge on any atom is 0.193 e. The number of ether oxygens (including phenoxy) is 1. The van der Waals surface area contributed by atoms with E-state index in [2.05, 4.69) is 36.1 Å². The van der Waals surface area contributed by atoms with Gasteiger partial charge in [0.1, 0.15) is 5.82 Å². The first-order valence-corrected chi connectivity index (χ1v) is 9.78. The van der Waals surface area contributed by atoms with Crippen LogP contribution in [0.3, 0.4) is 0 Å². The fourth-order valence-electron chi connectivity index (χ4n) is 3.51. The van der Waals surface area contributed by atoms with Crippen LogP contribution < -0.4 is 10.2 Å². The van der Waals surface area contributed by atoms with Crippen LogP contribution in [0.1, 0.15) is 12.8 Å². The molecule has 2 saturated heterocycles. The van der Waals surface area contributed by atoms with Gasteiger partial charge in [0.05, 0.1) is 13.2 Å². The molecule has 3 heterocycles. The van der Waals surface area contributed by atoms with E-state index in [1.807, 2.05) is 25.4 Å². The Kier molecular flexibility index (Phi) is 7.51. The molecule has 0 unspecified atom stereocenters. The third-order valence-electron chi connectivity index (χ3n) is 5.05. The van der Waals surface area contributed by atoms with Gasteiger partial charge < -0.3 is 19.9 Å². The van der Waals surface area contributed by atoms with Crippen molar-refractivity contribution < 1.29 is 4.74 Å². The lowest BCUT2D eigenvalue weighted by Gasteiger charge is -2.37. The molecule has 2 aliphatic heterocycles. The van der Waals surface area contributed by atoms with Crippen molar-refractivity contribution in [2.45, 2.75) is 12.8 Å². The SMILES string of the molecule is CN=C(NCCCCN1CCOCC1)N1CCN(c2ccccn2)CC1. The van der Waals surface area contributed by atoms with Gasteiger partial charge in [0.25, 0.3) is 0 Å². The van der Waals surface area contributed by atoms with Gasteiger partial charge in [0.15, 0.2) is 5.96 Å². The largest absolute Gasteiger partial charge is 0.379 e. The lowest BCUT2D eigenvalue weighted by Crippen LogP contribution is -2.52. The highest BCUT2D eigenvalue weighted by molar-refractivity contribution is 5.80. The number of pyridine rings is 1. The fraction of sp³-hybridized carbons (Fsp3) is 0.684. The number of anilines is 1. The van der Waals surface area contributed by atoms with Gasteiger partial charge in [-0.1, -0.05) is 6.07 Å². The highest BCUT2D eigenvalue weighted by Gasteiger charge is 2.20. The topological polar surface area (TPSA) is 56.2 Å². The van der Waals surface area contributed by atoms with Crippen LogP contribution in [-0.2, 0) is 4.74 Å². The van der Waals surface area contributed by atoms with Crippen LogP contribution >= 0.6 is 0 Å². The number of morpholine rings is 1. The van der Waals surface area contributed by atoms with E-state index in [1.165, 1.54) is 19.4 Å². The summed E-state index contributed by atoms with van der Waals surface area (Å²) in [6.45, 7) is 10.00. The van der Waals surface area contributed by atoms with E-state index in [-0.39, 0.29) is 0 Å². The Morgan fingerprint density at radius 1 is 1.12 bits per heavy atom. The lowest BCUT2D eigenvalue weighted by atomic mass is 10.2. The maximum atomic E-state index is 5.39. The van der Waals surface area contributed by atoms with Crippen molar-refractivity contribution in [2.24, 2.45) is 4.99 Å². The monoisotopic (exact) mass is 360 g/mol. The Morgan fingerprint density at radius 3 is 2.62 bits per heavy atom. The Hall–Kier alpha value is -1.86. The van der Waals surface area contributed by atoms with Gasteiger partial charge in [-0.15, -0.1) is 0 Å². The summed E-state index contributed by atoms with van der Waals surface area (Å²) in [7, 11) is 1.88. The number of hydrogen-bond acceptors (Lipinski definition) is 5. The Bertz CT molecular complexity index is 538. The maximum absolute atomic E-state index is 5.39. The smallest absolute Gasteiger partial charge is 0.193 e. The molecule has 1 aromatic rings. The molecule has 0 saturated carbocycles. The molecule has 0 aromatic carbocycles. The molecular formula is C19H32N6O. The van der Waals surface area contributed by atoms with Crippen LogP contribution in [0.4, 0.5) is 5.82 Å². The standard InChI is InChI=1S/C19H32N6O/c1-20-19(22-8-4-5-9-23-14-16-26-17-15-23)25-12-10-24(11-13-25)18-6-2-3-7-21-18/h2-3,6-7H,4-5,8-17H2,1H3,(H,20,22). The summed E-state index contributed by atoms with van der Waals surface area (Å²) < 4.78 is 5.39. The first kappa shape index (κ1) is 18.9. The van der Waals surface area contributed by atoms with Crippen molar-refractivity contribution in [1.29, 1.82) is 0 Å². The average molecular weight is 361 g/mol. The van der Waals surface area contributed by atoms with Gasteiger partial charge in [-0.05, 0) is 31.5 Å². The molecule has 0 aliphatic carbocycles. The summed E-state index contributed by atoms with van der Waals surface area (Å²) in [5.41, 5.74) is 0. The third kappa shape index (κ3) is 5.57. The van der Waals surface area contributed by atoms with E-state index in [4.69, 9.17) is 4.74 Å². The van der Waals surface area contributed by atoms with Gasteiger partial charge in [0.2, 0.25) is 0 Å². The number of aliphatic imine (C=N–C) groups is 1. The third-order valence-corrected chi connectivity index (χ3v) is 5.05.